The molecule has 0 fully saturated rings. The second kappa shape index (κ2) is 10.7. The Kier molecular flexibility index (Phi) is 12.3. The zero-order valence-corrected chi connectivity index (χ0v) is 6.04. The van der Waals surface area contributed by atoms with E-state index in [1.165, 1.54) is 6.26 Å². The van der Waals surface area contributed by atoms with Gasteiger partial charge in [-0.3, -0.25) is 0 Å². The molecule has 0 aromatic rings. The number of hydrogen-bond donors (Lipinski definition) is 1. The normalized spacial score (nSPS) is 6.50. The molecule has 1 N–H and O–H groups in total. The predicted octanol–water partition coefficient (Wildman–Crippen LogP) is 1.42. The molecule has 0 radical (unpaired) electrons. The zero-order chi connectivity index (χ0) is 8.41. The van der Waals surface area contributed by atoms with E-state index in [4.69, 9.17) is 5.11 Å². The molecule has 0 spiro atoms. The van der Waals surface area contributed by atoms with Gasteiger partial charge in [-0.15, -0.1) is 0 Å². The minimum absolute atomic E-state index is 0.726. The van der Waals surface area contributed by atoms with Crippen LogP contribution in [0.25, 0.3) is 0 Å². The Morgan fingerprint density at radius 2 is 2.10 bits per heavy atom. The van der Waals surface area contributed by atoms with Gasteiger partial charge in [0.1, 0.15) is 0 Å². The van der Waals surface area contributed by atoms with Crippen molar-refractivity contribution >= 4 is 5.97 Å². The molecule has 3 nitrogen and oxygen atoms in total. The van der Waals surface area contributed by atoms with E-state index in [1.807, 2.05) is 6.92 Å². The third-order valence-corrected chi connectivity index (χ3v) is 0.459. The molecule has 0 unspecified atom stereocenters. The highest BCUT2D eigenvalue weighted by Crippen LogP contribution is 1.65. The average molecular weight is 144 g/mol. The second-order valence-corrected chi connectivity index (χ2v) is 1.16. The molecular formula is C7H12O3. The van der Waals surface area contributed by atoms with Crippen molar-refractivity contribution in [3.8, 4) is 0 Å². The molecule has 0 bridgehead atoms. The molecule has 0 aromatic heterocycles. The van der Waals surface area contributed by atoms with Gasteiger partial charge in [-0.1, -0.05) is 13.2 Å². The van der Waals surface area contributed by atoms with Gasteiger partial charge in [0.15, 0.2) is 0 Å². The van der Waals surface area contributed by atoms with Crippen molar-refractivity contribution in [1.82, 2.24) is 0 Å². The summed E-state index contributed by atoms with van der Waals surface area (Å²) in [5.74, 6) is -0.981. The summed E-state index contributed by atoms with van der Waals surface area (Å²) in [5, 5.41) is 7.60. The van der Waals surface area contributed by atoms with E-state index < -0.39 is 5.97 Å². The average Bonchev–Trinajstić information content (AvgIpc) is 1.91. The molecule has 58 valence electrons. The van der Waals surface area contributed by atoms with Crippen LogP contribution in [-0.2, 0) is 9.53 Å². The Bertz CT molecular complexity index is 107. The van der Waals surface area contributed by atoms with Crippen molar-refractivity contribution in [3.05, 3.63) is 25.5 Å². The lowest BCUT2D eigenvalue weighted by Crippen LogP contribution is -1.82. The number of carbonyl (C=O) groups is 1. The van der Waals surface area contributed by atoms with Crippen LogP contribution < -0.4 is 0 Å². The van der Waals surface area contributed by atoms with E-state index in [2.05, 4.69) is 17.9 Å². The molecular weight excluding hydrogens is 132 g/mol. The number of aliphatic carboxylic acids is 1. The number of ether oxygens (including phenoxy) is 1. The first-order valence-corrected chi connectivity index (χ1v) is 2.76. The summed E-state index contributed by atoms with van der Waals surface area (Å²) < 4.78 is 4.60. The summed E-state index contributed by atoms with van der Waals surface area (Å²) in [4.78, 5) is 9.25. The second-order valence-electron chi connectivity index (χ2n) is 1.16. The number of rotatable bonds is 3. The Balaban J connectivity index is 0. The van der Waals surface area contributed by atoms with Crippen molar-refractivity contribution in [1.29, 1.82) is 0 Å². The van der Waals surface area contributed by atoms with Gasteiger partial charge in [0.05, 0.1) is 12.9 Å². The lowest BCUT2D eigenvalue weighted by molar-refractivity contribution is -0.131. The molecule has 3 heteroatoms. The molecule has 0 aliphatic heterocycles. The molecule has 0 aromatic carbocycles. The maximum atomic E-state index is 9.25. The Morgan fingerprint density at radius 1 is 1.70 bits per heavy atom. The third kappa shape index (κ3) is 29.5. The Labute approximate surface area is 60.6 Å². The highest BCUT2D eigenvalue weighted by atomic mass is 16.5. The lowest BCUT2D eigenvalue weighted by atomic mass is 10.7. The minimum atomic E-state index is -0.981. The van der Waals surface area contributed by atoms with Gasteiger partial charge in [0.2, 0.25) is 0 Å². The monoisotopic (exact) mass is 144 g/mol. The molecule has 0 amide bonds. The summed E-state index contributed by atoms with van der Waals surface area (Å²) in [6.07, 6.45) is 2.26. The van der Waals surface area contributed by atoms with E-state index in [1.54, 1.807) is 0 Å². The molecule has 0 aliphatic rings. The summed E-state index contributed by atoms with van der Waals surface area (Å²) in [6.45, 7) is 8.93. The maximum absolute atomic E-state index is 9.25. The Hall–Kier alpha value is -1.25. The van der Waals surface area contributed by atoms with E-state index >= 15 is 0 Å². The fraction of sp³-hybridized carbons (Fsp3) is 0.286. The summed E-state index contributed by atoms with van der Waals surface area (Å²) >= 11 is 0. The van der Waals surface area contributed by atoms with Crippen molar-refractivity contribution in [2.75, 3.05) is 6.61 Å². The van der Waals surface area contributed by atoms with Gasteiger partial charge in [-0.25, -0.2) is 4.79 Å². The molecule has 0 aliphatic carbocycles. The van der Waals surface area contributed by atoms with Gasteiger partial charge < -0.3 is 9.84 Å². The number of hydrogen-bond acceptors (Lipinski definition) is 2. The van der Waals surface area contributed by atoms with Crippen LogP contribution in [0, 0.1) is 0 Å². The highest BCUT2D eigenvalue weighted by molar-refractivity contribution is 5.78. The fourth-order valence-electron chi connectivity index (χ4n) is 0.118. The van der Waals surface area contributed by atoms with Gasteiger partial charge >= 0.3 is 5.97 Å². The topological polar surface area (TPSA) is 46.5 Å². The highest BCUT2D eigenvalue weighted by Gasteiger charge is 1.73. The predicted molar refractivity (Wildman–Crippen MR) is 39.7 cm³/mol. The van der Waals surface area contributed by atoms with Crippen LogP contribution in [0.2, 0.25) is 0 Å². The van der Waals surface area contributed by atoms with Gasteiger partial charge in [0, 0.05) is 6.08 Å². The first-order valence-electron chi connectivity index (χ1n) is 2.76. The van der Waals surface area contributed by atoms with E-state index in [0.29, 0.717) is 0 Å². The number of carboxylic acids is 1. The van der Waals surface area contributed by atoms with Gasteiger partial charge in [0.25, 0.3) is 0 Å². The van der Waals surface area contributed by atoms with Crippen molar-refractivity contribution in [2.45, 2.75) is 6.92 Å². The molecule has 0 heterocycles. The Morgan fingerprint density at radius 3 is 2.10 bits per heavy atom. The van der Waals surface area contributed by atoms with Crippen molar-refractivity contribution < 1.29 is 14.6 Å². The summed E-state index contributed by atoms with van der Waals surface area (Å²) in [5.41, 5.74) is 0. The van der Waals surface area contributed by atoms with Crippen LogP contribution in [0.15, 0.2) is 25.5 Å². The van der Waals surface area contributed by atoms with Crippen LogP contribution in [0.1, 0.15) is 6.92 Å². The first kappa shape index (κ1) is 11.5. The van der Waals surface area contributed by atoms with Crippen LogP contribution in [0.4, 0.5) is 0 Å². The molecule has 10 heavy (non-hydrogen) atoms. The fourth-order valence-corrected chi connectivity index (χ4v) is 0.118. The summed E-state index contributed by atoms with van der Waals surface area (Å²) in [6, 6.07) is 0. The molecule has 0 saturated heterocycles. The van der Waals surface area contributed by atoms with Gasteiger partial charge in [-0.2, -0.15) is 0 Å². The molecule has 0 rings (SSSR count). The third-order valence-electron chi connectivity index (χ3n) is 0.459. The van der Waals surface area contributed by atoms with Crippen LogP contribution in [0.5, 0.6) is 0 Å². The van der Waals surface area contributed by atoms with Gasteiger partial charge in [-0.05, 0) is 6.92 Å². The smallest absolute Gasteiger partial charge is 0.327 e. The standard InChI is InChI=1S/C4H8O.C3H4O2/c1-3-5-4-2;1-2-3(4)5/h3H,1,4H2,2H3;2H,1H2,(H,4,5). The first-order chi connectivity index (χ1) is 4.68. The van der Waals surface area contributed by atoms with E-state index in [-0.39, 0.29) is 0 Å². The zero-order valence-electron chi connectivity index (χ0n) is 6.04. The van der Waals surface area contributed by atoms with Crippen LogP contribution in [0.3, 0.4) is 0 Å². The van der Waals surface area contributed by atoms with Crippen molar-refractivity contribution in [2.24, 2.45) is 0 Å². The quantitative estimate of drug-likeness (QED) is 0.481. The van der Waals surface area contributed by atoms with E-state index in [9.17, 15) is 4.79 Å². The van der Waals surface area contributed by atoms with E-state index in [0.717, 1.165) is 12.7 Å². The SMILES string of the molecule is C=CC(=O)O.C=COCC. The van der Waals surface area contributed by atoms with Crippen LogP contribution in [-0.4, -0.2) is 17.7 Å². The largest absolute Gasteiger partial charge is 0.502 e. The molecule has 0 saturated carbocycles. The maximum Gasteiger partial charge on any atom is 0.327 e. The number of carboxylic acid groups (broad SMARTS) is 1. The lowest BCUT2D eigenvalue weighted by Gasteiger charge is -1.84. The minimum Gasteiger partial charge on any atom is -0.502 e. The molecule has 0 atom stereocenters. The van der Waals surface area contributed by atoms with Crippen molar-refractivity contribution in [3.63, 3.8) is 0 Å². The van der Waals surface area contributed by atoms with Crippen LogP contribution >= 0.6 is 0 Å². The summed E-state index contributed by atoms with van der Waals surface area (Å²) in [7, 11) is 0.